The van der Waals surface area contributed by atoms with Gasteiger partial charge in [0.25, 0.3) is 0 Å². The number of allylic oxidation sites excluding steroid dienone is 1. The minimum atomic E-state index is -0.355. The van der Waals surface area contributed by atoms with Crippen molar-refractivity contribution < 1.29 is 9.18 Å². The van der Waals surface area contributed by atoms with Gasteiger partial charge in [-0.05, 0) is 30.4 Å². The summed E-state index contributed by atoms with van der Waals surface area (Å²) in [5.74, 6) is -0.271. The van der Waals surface area contributed by atoms with Crippen LogP contribution in [0.15, 0.2) is 54.6 Å². The fourth-order valence-electron chi connectivity index (χ4n) is 2.22. The summed E-state index contributed by atoms with van der Waals surface area (Å²) in [6.45, 7) is 0. The topological polar surface area (TPSA) is 34.9 Å². The molecule has 0 spiro atoms. The molecule has 0 N–H and O–H groups in total. The van der Waals surface area contributed by atoms with E-state index in [9.17, 15) is 9.18 Å². The highest BCUT2D eigenvalue weighted by atomic mass is 19.1. The first-order chi connectivity index (χ1) is 10.2. The summed E-state index contributed by atoms with van der Waals surface area (Å²) in [5.41, 5.74) is 2.03. The molecule has 0 atom stereocenters. The molecule has 1 heterocycles. The van der Waals surface area contributed by atoms with Gasteiger partial charge in [-0.2, -0.15) is 0 Å². The zero-order valence-electron chi connectivity index (χ0n) is 11.5. The lowest BCUT2D eigenvalue weighted by Gasteiger charge is -1.98. The number of carbonyl (C=O) groups is 1. The van der Waals surface area contributed by atoms with Crippen LogP contribution in [-0.2, 0) is 7.05 Å². The highest BCUT2D eigenvalue weighted by molar-refractivity contribution is 6.06. The molecule has 0 amide bonds. The predicted octanol–water partition coefficient (Wildman–Crippen LogP) is 3.61. The molecule has 0 aliphatic rings. The predicted molar refractivity (Wildman–Crippen MR) is 80.5 cm³/mol. The van der Waals surface area contributed by atoms with Crippen LogP contribution in [0.25, 0.3) is 17.1 Å². The average molecular weight is 280 g/mol. The van der Waals surface area contributed by atoms with E-state index in [1.165, 1.54) is 18.2 Å². The van der Waals surface area contributed by atoms with Gasteiger partial charge in [0.05, 0.1) is 11.0 Å². The number of nitrogens with zero attached hydrogens (tertiary/aromatic N) is 2. The summed E-state index contributed by atoms with van der Waals surface area (Å²) in [6, 6.07) is 13.8. The lowest BCUT2D eigenvalue weighted by atomic mass is 10.2. The van der Waals surface area contributed by atoms with Crippen molar-refractivity contribution in [3.05, 3.63) is 71.8 Å². The van der Waals surface area contributed by atoms with Gasteiger partial charge in [0, 0.05) is 12.6 Å². The lowest BCUT2D eigenvalue weighted by molar-refractivity contribution is 0.103. The Bertz CT molecular complexity index is 849. The van der Waals surface area contributed by atoms with Crippen LogP contribution < -0.4 is 0 Å². The Morgan fingerprint density at radius 1 is 1.14 bits per heavy atom. The first kappa shape index (κ1) is 13.2. The Balaban J connectivity index is 1.94. The van der Waals surface area contributed by atoms with E-state index in [0.29, 0.717) is 11.4 Å². The van der Waals surface area contributed by atoms with Crippen LogP contribution in [0.2, 0.25) is 0 Å². The Morgan fingerprint density at radius 2 is 1.86 bits per heavy atom. The van der Waals surface area contributed by atoms with Crippen LogP contribution >= 0.6 is 0 Å². The van der Waals surface area contributed by atoms with Crippen molar-refractivity contribution in [2.24, 2.45) is 7.05 Å². The first-order valence-corrected chi connectivity index (χ1v) is 6.55. The number of hydrogen-bond acceptors (Lipinski definition) is 2. The molecule has 4 heteroatoms. The zero-order valence-corrected chi connectivity index (χ0v) is 11.5. The van der Waals surface area contributed by atoms with Crippen molar-refractivity contribution in [2.45, 2.75) is 0 Å². The Morgan fingerprint density at radius 3 is 2.62 bits per heavy atom. The van der Waals surface area contributed by atoms with Crippen LogP contribution in [0, 0.1) is 5.82 Å². The van der Waals surface area contributed by atoms with Gasteiger partial charge in [-0.25, -0.2) is 9.37 Å². The van der Waals surface area contributed by atoms with E-state index in [0.717, 1.165) is 11.0 Å². The van der Waals surface area contributed by atoms with Crippen molar-refractivity contribution in [1.82, 2.24) is 9.55 Å². The van der Waals surface area contributed by atoms with E-state index in [1.807, 2.05) is 24.3 Å². The second-order valence-corrected chi connectivity index (χ2v) is 4.70. The minimum Gasteiger partial charge on any atom is -0.324 e. The molecule has 0 aliphatic heterocycles. The average Bonchev–Trinajstić information content (AvgIpc) is 2.84. The monoisotopic (exact) mass is 280 g/mol. The molecular formula is C17H13FN2O. The summed E-state index contributed by atoms with van der Waals surface area (Å²) < 4.78 is 15.2. The molecule has 3 nitrogen and oxygen atoms in total. The standard InChI is InChI=1S/C17H13FN2O/c1-20-15-9-5-4-8-14(15)19-17(20)16(21)11-10-12-6-2-3-7-13(12)18/h2-11H,1H3/b11-10+. The van der Waals surface area contributed by atoms with Crippen LogP contribution in [0.4, 0.5) is 4.39 Å². The molecule has 0 unspecified atom stereocenters. The largest absolute Gasteiger partial charge is 0.324 e. The molecule has 104 valence electrons. The van der Waals surface area contributed by atoms with Gasteiger partial charge in [0.1, 0.15) is 5.82 Å². The summed E-state index contributed by atoms with van der Waals surface area (Å²) in [5, 5.41) is 0. The maximum absolute atomic E-state index is 13.5. The third-order valence-electron chi connectivity index (χ3n) is 3.33. The van der Waals surface area contributed by atoms with E-state index >= 15 is 0 Å². The number of aryl methyl sites for hydroxylation is 1. The molecule has 0 radical (unpaired) electrons. The maximum atomic E-state index is 13.5. The molecule has 2 aromatic carbocycles. The number of fused-ring (bicyclic) bond motifs is 1. The summed E-state index contributed by atoms with van der Waals surface area (Å²) in [6.07, 6.45) is 2.82. The number of hydrogen-bond donors (Lipinski definition) is 0. The summed E-state index contributed by atoms with van der Waals surface area (Å²) in [7, 11) is 1.79. The van der Waals surface area contributed by atoms with E-state index in [1.54, 1.807) is 29.8 Å². The van der Waals surface area contributed by atoms with Crippen molar-refractivity contribution in [1.29, 1.82) is 0 Å². The molecule has 3 rings (SSSR count). The molecule has 0 aliphatic carbocycles. The molecule has 0 fully saturated rings. The number of carbonyl (C=O) groups excluding carboxylic acids is 1. The molecule has 0 saturated carbocycles. The molecule has 1 aromatic heterocycles. The number of rotatable bonds is 3. The Labute approximate surface area is 121 Å². The number of imidazole rings is 1. The molecule has 21 heavy (non-hydrogen) atoms. The highest BCUT2D eigenvalue weighted by Crippen LogP contribution is 2.15. The SMILES string of the molecule is Cn1c(C(=O)/C=C/c2ccccc2F)nc2ccccc21. The Hall–Kier alpha value is -2.75. The first-order valence-electron chi connectivity index (χ1n) is 6.55. The van der Waals surface area contributed by atoms with Gasteiger partial charge in [-0.15, -0.1) is 0 Å². The number of ketones is 1. The van der Waals surface area contributed by atoms with Crippen LogP contribution in [0.3, 0.4) is 0 Å². The molecule has 0 bridgehead atoms. The van der Waals surface area contributed by atoms with E-state index in [-0.39, 0.29) is 11.6 Å². The number of benzene rings is 2. The molecule has 3 aromatic rings. The van der Waals surface area contributed by atoms with Crippen LogP contribution in [0.1, 0.15) is 16.2 Å². The quantitative estimate of drug-likeness (QED) is 0.542. The van der Waals surface area contributed by atoms with Crippen LogP contribution in [-0.4, -0.2) is 15.3 Å². The van der Waals surface area contributed by atoms with Crippen molar-refractivity contribution in [3.8, 4) is 0 Å². The fraction of sp³-hybridized carbons (Fsp3) is 0.0588. The second-order valence-electron chi connectivity index (χ2n) is 4.70. The summed E-state index contributed by atoms with van der Waals surface area (Å²) in [4.78, 5) is 16.5. The number of aromatic nitrogens is 2. The van der Waals surface area contributed by atoms with Gasteiger partial charge in [0.15, 0.2) is 5.82 Å². The lowest BCUT2D eigenvalue weighted by Crippen LogP contribution is -2.04. The molecule has 0 saturated heterocycles. The third kappa shape index (κ3) is 2.48. The maximum Gasteiger partial charge on any atom is 0.221 e. The third-order valence-corrected chi connectivity index (χ3v) is 3.33. The number of halogens is 1. The zero-order chi connectivity index (χ0) is 14.8. The number of para-hydroxylation sites is 2. The van der Waals surface area contributed by atoms with E-state index < -0.39 is 0 Å². The smallest absolute Gasteiger partial charge is 0.221 e. The van der Waals surface area contributed by atoms with Gasteiger partial charge < -0.3 is 4.57 Å². The second kappa shape index (κ2) is 5.32. The van der Waals surface area contributed by atoms with Crippen molar-refractivity contribution in [2.75, 3.05) is 0 Å². The van der Waals surface area contributed by atoms with Crippen LogP contribution in [0.5, 0.6) is 0 Å². The van der Waals surface area contributed by atoms with Crippen molar-refractivity contribution in [3.63, 3.8) is 0 Å². The van der Waals surface area contributed by atoms with Gasteiger partial charge >= 0.3 is 0 Å². The van der Waals surface area contributed by atoms with Gasteiger partial charge in [-0.3, -0.25) is 4.79 Å². The van der Waals surface area contributed by atoms with E-state index in [4.69, 9.17) is 0 Å². The van der Waals surface area contributed by atoms with Crippen molar-refractivity contribution >= 4 is 22.9 Å². The molecular weight excluding hydrogens is 267 g/mol. The summed E-state index contributed by atoms with van der Waals surface area (Å²) >= 11 is 0. The van der Waals surface area contributed by atoms with Gasteiger partial charge in [0.2, 0.25) is 5.78 Å². The highest BCUT2D eigenvalue weighted by Gasteiger charge is 2.12. The Kier molecular flexibility index (Phi) is 3.36. The normalized spacial score (nSPS) is 11.3. The van der Waals surface area contributed by atoms with Gasteiger partial charge in [-0.1, -0.05) is 30.3 Å². The minimum absolute atomic E-state index is 0.253. The van der Waals surface area contributed by atoms with E-state index in [2.05, 4.69) is 4.98 Å². The fourth-order valence-corrected chi connectivity index (χ4v) is 2.22.